The summed E-state index contributed by atoms with van der Waals surface area (Å²) in [5.74, 6) is 1.57. The maximum Gasteiger partial charge on any atom is 0.219 e. The van der Waals surface area contributed by atoms with E-state index in [4.69, 9.17) is 15.5 Å². The molecule has 0 saturated carbocycles. The van der Waals surface area contributed by atoms with Gasteiger partial charge in [0.25, 0.3) is 0 Å². The maximum atomic E-state index is 13.9. The van der Waals surface area contributed by atoms with Crippen LogP contribution in [0.5, 0.6) is 0 Å². The molecule has 1 fully saturated rings. The van der Waals surface area contributed by atoms with E-state index >= 15 is 0 Å². The van der Waals surface area contributed by atoms with E-state index in [2.05, 4.69) is 19.9 Å². The molecule has 0 aromatic carbocycles. The number of hydrogen-bond donors (Lipinski definition) is 1. The minimum atomic E-state index is -1.57. The molecule has 9 nitrogen and oxygen atoms in total. The molecule has 0 spiro atoms. The lowest BCUT2D eigenvalue weighted by molar-refractivity contribution is -0.0530. The van der Waals surface area contributed by atoms with Crippen LogP contribution in [0.1, 0.15) is 19.7 Å². The normalized spacial score (nSPS) is 23.5. The van der Waals surface area contributed by atoms with Crippen LogP contribution in [0, 0.1) is 0 Å². The van der Waals surface area contributed by atoms with Crippen molar-refractivity contribution in [1.29, 1.82) is 0 Å². The fourth-order valence-corrected chi connectivity index (χ4v) is 3.81. The van der Waals surface area contributed by atoms with Crippen molar-refractivity contribution in [1.82, 2.24) is 29.5 Å². The van der Waals surface area contributed by atoms with E-state index in [1.165, 1.54) is 12.4 Å². The minimum Gasteiger partial charge on any atom is -0.368 e. The molecule has 3 aromatic rings. The fraction of sp³-hybridized carbons (Fsp3) is 0.500. The molecular formula is C18H20F2N8O. The minimum absolute atomic E-state index is 0.0902. The number of aromatic nitrogens is 6. The average Bonchev–Trinajstić information content (AvgIpc) is 3.23. The van der Waals surface area contributed by atoms with Crippen molar-refractivity contribution >= 4 is 22.9 Å². The first-order chi connectivity index (χ1) is 13.8. The van der Waals surface area contributed by atoms with Crippen LogP contribution in [0.3, 0.4) is 0 Å². The van der Waals surface area contributed by atoms with Crippen molar-refractivity contribution in [3.63, 3.8) is 0 Å². The highest BCUT2D eigenvalue weighted by Gasteiger charge is 2.38. The van der Waals surface area contributed by atoms with E-state index in [9.17, 15) is 8.78 Å². The summed E-state index contributed by atoms with van der Waals surface area (Å²) >= 11 is 0. The summed E-state index contributed by atoms with van der Waals surface area (Å²) in [6.07, 6.45) is -0.0952. The summed E-state index contributed by atoms with van der Waals surface area (Å²) in [6, 6.07) is 0. The predicted molar refractivity (Wildman–Crippen MR) is 102 cm³/mol. The summed E-state index contributed by atoms with van der Waals surface area (Å²) in [4.78, 5) is 23.6. The van der Waals surface area contributed by atoms with Gasteiger partial charge < -0.3 is 19.9 Å². The Labute approximate surface area is 165 Å². The zero-order valence-corrected chi connectivity index (χ0v) is 16.0. The summed E-state index contributed by atoms with van der Waals surface area (Å²) < 4.78 is 35.7. The molecule has 5 rings (SSSR count). The Hall–Kier alpha value is -2.95. The molecule has 0 radical (unpaired) electrons. The molecule has 152 valence electrons. The second kappa shape index (κ2) is 6.28. The highest BCUT2D eigenvalue weighted by Crippen LogP contribution is 2.36. The summed E-state index contributed by atoms with van der Waals surface area (Å²) in [5, 5.41) is 0. The maximum absolute atomic E-state index is 13.9. The molecular weight excluding hydrogens is 382 g/mol. The molecule has 11 heteroatoms. The van der Waals surface area contributed by atoms with Crippen LogP contribution in [0.4, 0.5) is 20.5 Å². The Morgan fingerprint density at radius 1 is 1.10 bits per heavy atom. The van der Waals surface area contributed by atoms with E-state index < -0.39 is 17.9 Å². The molecule has 0 aliphatic carbocycles. The number of nitrogens with two attached hydrogens (primary N) is 1. The highest BCUT2D eigenvalue weighted by atomic mass is 19.2. The van der Waals surface area contributed by atoms with Gasteiger partial charge in [-0.05, 0) is 13.8 Å². The molecule has 2 atom stereocenters. The monoisotopic (exact) mass is 402 g/mol. The Morgan fingerprint density at radius 3 is 2.48 bits per heavy atom. The van der Waals surface area contributed by atoms with E-state index in [-0.39, 0.29) is 19.0 Å². The second-order valence-electron chi connectivity index (χ2n) is 7.76. The molecule has 3 aromatic heterocycles. The van der Waals surface area contributed by atoms with Gasteiger partial charge in [-0.3, -0.25) is 0 Å². The van der Waals surface area contributed by atoms with Gasteiger partial charge in [-0.2, -0.15) is 0 Å². The quantitative estimate of drug-likeness (QED) is 0.689. The Morgan fingerprint density at radius 2 is 1.79 bits per heavy atom. The number of nitrogens with zero attached hydrogens (tertiary/aromatic N) is 7. The number of hydrogen-bond acceptors (Lipinski definition) is 8. The van der Waals surface area contributed by atoms with Gasteiger partial charge in [0.1, 0.15) is 11.4 Å². The fourth-order valence-electron chi connectivity index (χ4n) is 3.81. The number of imidazole rings is 1. The second-order valence-corrected chi connectivity index (χ2v) is 7.76. The number of anilines is 2. The lowest BCUT2D eigenvalue weighted by Crippen LogP contribution is -2.33. The van der Waals surface area contributed by atoms with Crippen molar-refractivity contribution < 1.29 is 13.5 Å². The van der Waals surface area contributed by atoms with Gasteiger partial charge in [0.05, 0.1) is 25.3 Å². The van der Waals surface area contributed by atoms with Crippen LogP contribution < -0.4 is 10.6 Å². The zero-order chi connectivity index (χ0) is 20.3. The molecule has 0 unspecified atom stereocenters. The van der Waals surface area contributed by atoms with E-state index in [1.807, 2.05) is 18.4 Å². The standard InChI is InChI=1S/C18H20F2N8O/c1-18(2)16-24-12-14(27-7-10(19)11(20)8-27)25-13(9-5-22-17(21)23-6-9)26-15(12)28(16)3-4-29-18/h5-6,10-11H,3-4,7-8H2,1-2H3,(H2,21,22,23)/t10-,11+. The number of halogens is 2. The molecule has 2 N–H and O–H groups in total. The van der Waals surface area contributed by atoms with Crippen molar-refractivity contribution in [2.24, 2.45) is 0 Å². The van der Waals surface area contributed by atoms with Crippen molar-refractivity contribution in [2.75, 3.05) is 30.3 Å². The first kappa shape index (κ1) is 18.1. The van der Waals surface area contributed by atoms with Crippen LogP contribution in [0.15, 0.2) is 12.4 Å². The van der Waals surface area contributed by atoms with Gasteiger partial charge in [0, 0.05) is 18.9 Å². The van der Waals surface area contributed by atoms with Crippen LogP contribution in [0.25, 0.3) is 22.6 Å². The number of ether oxygens (including phenoxy) is 1. The molecule has 2 aliphatic rings. The smallest absolute Gasteiger partial charge is 0.219 e. The molecule has 5 heterocycles. The highest BCUT2D eigenvalue weighted by molar-refractivity contribution is 5.86. The van der Waals surface area contributed by atoms with E-state index in [0.717, 1.165) is 0 Å². The first-order valence-electron chi connectivity index (χ1n) is 9.37. The molecule has 0 bridgehead atoms. The number of nitrogen functional groups attached to an aromatic ring is 1. The third kappa shape index (κ3) is 2.87. The zero-order valence-electron chi connectivity index (χ0n) is 16.0. The average molecular weight is 402 g/mol. The van der Waals surface area contributed by atoms with Crippen LogP contribution in [-0.4, -0.2) is 61.5 Å². The Balaban J connectivity index is 1.74. The largest absolute Gasteiger partial charge is 0.368 e. The van der Waals surface area contributed by atoms with Gasteiger partial charge in [0.15, 0.2) is 35.1 Å². The van der Waals surface area contributed by atoms with E-state index in [1.54, 1.807) is 4.90 Å². The molecule has 29 heavy (non-hydrogen) atoms. The first-order valence-corrected chi connectivity index (χ1v) is 9.37. The Bertz CT molecular complexity index is 1070. The Kier molecular flexibility index (Phi) is 3.92. The topological polar surface area (TPSA) is 108 Å². The number of alkyl halides is 2. The SMILES string of the molecule is CC1(C)OCCn2c1nc1c(N3C[C@@H](F)[C@@H](F)C3)nc(-c3cnc(N)nc3)nc12. The number of rotatable bonds is 2. The third-order valence-corrected chi connectivity index (χ3v) is 5.30. The summed E-state index contributed by atoms with van der Waals surface area (Å²) in [5.41, 5.74) is 6.60. The van der Waals surface area contributed by atoms with Gasteiger partial charge in [0.2, 0.25) is 5.95 Å². The van der Waals surface area contributed by atoms with Crippen LogP contribution in [0.2, 0.25) is 0 Å². The van der Waals surface area contributed by atoms with Gasteiger partial charge in [-0.25, -0.2) is 33.7 Å². The predicted octanol–water partition coefficient (Wildman–Crippen LogP) is 1.63. The van der Waals surface area contributed by atoms with Gasteiger partial charge in [-0.15, -0.1) is 0 Å². The molecule has 1 saturated heterocycles. The van der Waals surface area contributed by atoms with Crippen molar-refractivity contribution in [3.05, 3.63) is 18.2 Å². The van der Waals surface area contributed by atoms with E-state index in [0.29, 0.717) is 47.3 Å². The van der Waals surface area contributed by atoms with Gasteiger partial charge >= 0.3 is 0 Å². The lowest BCUT2D eigenvalue weighted by Gasteiger charge is -2.30. The lowest BCUT2D eigenvalue weighted by atomic mass is 10.1. The molecule has 0 amide bonds. The summed E-state index contributed by atoms with van der Waals surface area (Å²) in [7, 11) is 0. The van der Waals surface area contributed by atoms with Crippen molar-refractivity contribution in [3.8, 4) is 11.4 Å². The van der Waals surface area contributed by atoms with Gasteiger partial charge in [-0.1, -0.05) is 0 Å². The third-order valence-electron chi connectivity index (χ3n) is 5.30. The van der Waals surface area contributed by atoms with Crippen molar-refractivity contribution in [2.45, 2.75) is 38.3 Å². The molecule has 2 aliphatic heterocycles. The van der Waals surface area contributed by atoms with Crippen LogP contribution in [-0.2, 0) is 16.9 Å². The summed E-state index contributed by atoms with van der Waals surface area (Å²) in [6.45, 7) is 4.75. The van der Waals surface area contributed by atoms with Crippen LogP contribution >= 0.6 is 0 Å². The number of fused-ring (bicyclic) bond motifs is 3.